The van der Waals surface area contributed by atoms with Crippen molar-refractivity contribution in [1.82, 2.24) is 14.8 Å². The second-order valence-electron chi connectivity index (χ2n) is 7.16. The monoisotopic (exact) mass is 401 g/mol. The van der Waals surface area contributed by atoms with Gasteiger partial charge in [-0.1, -0.05) is 23.7 Å². The summed E-state index contributed by atoms with van der Waals surface area (Å²) in [5.41, 5.74) is 2.93. The Morgan fingerprint density at radius 1 is 1.22 bits per heavy atom. The van der Waals surface area contributed by atoms with E-state index in [1.165, 1.54) is 17.7 Å². The number of likely N-dealkylation sites (tertiary alicyclic amines) is 1. The lowest BCUT2D eigenvalue weighted by Gasteiger charge is -2.15. The van der Waals surface area contributed by atoms with Gasteiger partial charge in [-0.05, 0) is 62.7 Å². The molecule has 3 heterocycles. The highest BCUT2D eigenvalue weighted by atomic mass is 35.5. The SMILES string of the molecule is Cc1cc2c(cc(C(=O)NCCN3CCCC3)n2Cc2cccc(Cl)c2)s1. The van der Waals surface area contributed by atoms with E-state index in [4.69, 9.17) is 11.6 Å². The summed E-state index contributed by atoms with van der Waals surface area (Å²) in [6.07, 6.45) is 2.54. The number of benzene rings is 1. The third kappa shape index (κ3) is 4.21. The third-order valence-electron chi connectivity index (χ3n) is 5.09. The Balaban J connectivity index is 1.55. The van der Waals surface area contributed by atoms with Crippen LogP contribution in [-0.2, 0) is 6.54 Å². The molecule has 0 unspecified atom stereocenters. The van der Waals surface area contributed by atoms with Crippen molar-refractivity contribution < 1.29 is 4.79 Å². The maximum Gasteiger partial charge on any atom is 0.268 e. The number of rotatable bonds is 6. The Kier molecular flexibility index (Phi) is 5.53. The van der Waals surface area contributed by atoms with Crippen LogP contribution < -0.4 is 5.32 Å². The van der Waals surface area contributed by atoms with Crippen LogP contribution in [0.1, 0.15) is 33.8 Å². The quantitative estimate of drug-likeness (QED) is 0.658. The van der Waals surface area contributed by atoms with Gasteiger partial charge in [-0.2, -0.15) is 0 Å². The largest absolute Gasteiger partial charge is 0.349 e. The second kappa shape index (κ2) is 8.05. The predicted molar refractivity (Wildman–Crippen MR) is 113 cm³/mol. The van der Waals surface area contributed by atoms with Crippen LogP contribution in [0.3, 0.4) is 0 Å². The van der Waals surface area contributed by atoms with Gasteiger partial charge in [0.05, 0.1) is 10.2 Å². The lowest BCUT2D eigenvalue weighted by atomic mass is 10.2. The molecule has 1 N–H and O–H groups in total. The highest BCUT2D eigenvalue weighted by molar-refractivity contribution is 7.19. The zero-order chi connectivity index (χ0) is 18.8. The van der Waals surface area contributed by atoms with Crippen molar-refractivity contribution in [1.29, 1.82) is 0 Å². The fourth-order valence-corrected chi connectivity index (χ4v) is 4.94. The summed E-state index contributed by atoms with van der Waals surface area (Å²) < 4.78 is 3.26. The van der Waals surface area contributed by atoms with Crippen molar-refractivity contribution in [2.75, 3.05) is 26.2 Å². The zero-order valence-corrected chi connectivity index (χ0v) is 17.1. The summed E-state index contributed by atoms with van der Waals surface area (Å²) in [6.45, 7) is 6.65. The summed E-state index contributed by atoms with van der Waals surface area (Å²) >= 11 is 7.88. The molecule has 1 aliphatic heterocycles. The maximum atomic E-state index is 12.9. The topological polar surface area (TPSA) is 37.3 Å². The number of aryl methyl sites for hydroxylation is 1. The van der Waals surface area contributed by atoms with Crippen LogP contribution >= 0.6 is 22.9 Å². The van der Waals surface area contributed by atoms with E-state index in [0.29, 0.717) is 18.1 Å². The van der Waals surface area contributed by atoms with Crippen molar-refractivity contribution in [3.63, 3.8) is 0 Å². The van der Waals surface area contributed by atoms with Gasteiger partial charge in [0.2, 0.25) is 0 Å². The molecule has 0 spiro atoms. The number of fused-ring (bicyclic) bond motifs is 1. The molecular formula is C21H24ClN3OS. The second-order valence-corrected chi connectivity index (χ2v) is 8.88. The molecule has 27 heavy (non-hydrogen) atoms. The van der Waals surface area contributed by atoms with Gasteiger partial charge in [0, 0.05) is 29.5 Å². The Hall–Kier alpha value is -1.82. The van der Waals surface area contributed by atoms with E-state index in [9.17, 15) is 4.79 Å². The van der Waals surface area contributed by atoms with Crippen LogP contribution in [-0.4, -0.2) is 41.6 Å². The third-order valence-corrected chi connectivity index (χ3v) is 6.31. The lowest BCUT2D eigenvalue weighted by molar-refractivity contribution is 0.0941. The van der Waals surface area contributed by atoms with Gasteiger partial charge >= 0.3 is 0 Å². The minimum atomic E-state index is -0.00252. The number of hydrogen-bond acceptors (Lipinski definition) is 3. The number of carbonyl (C=O) groups is 1. The van der Waals surface area contributed by atoms with Crippen LogP contribution in [0.25, 0.3) is 10.2 Å². The van der Waals surface area contributed by atoms with E-state index < -0.39 is 0 Å². The number of aromatic nitrogens is 1. The molecule has 142 valence electrons. The molecule has 1 fully saturated rings. The minimum absolute atomic E-state index is 0.00252. The zero-order valence-electron chi connectivity index (χ0n) is 15.5. The van der Waals surface area contributed by atoms with Crippen molar-refractivity contribution in [2.45, 2.75) is 26.3 Å². The average Bonchev–Trinajstić information content (AvgIpc) is 3.33. The van der Waals surface area contributed by atoms with Gasteiger partial charge in [-0.15, -0.1) is 11.3 Å². The molecule has 1 aromatic carbocycles. The number of nitrogens with zero attached hydrogens (tertiary/aromatic N) is 2. The lowest BCUT2D eigenvalue weighted by Crippen LogP contribution is -2.34. The van der Waals surface area contributed by atoms with E-state index in [1.54, 1.807) is 11.3 Å². The molecule has 1 aliphatic rings. The summed E-state index contributed by atoms with van der Waals surface area (Å²) in [6, 6.07) is 12.0. The van der Waals surface area contributed by atoms with E-state index in [2.05, 4.69) is 27.8 Å². The molecule has 0 atom stereocenters. The molecule has 0 saturated carbocycles. The summed E-state index contributed by atoms with van der Waals surface area (Å²) in [7, 11) is 0. The molecule has 1 saturated heterocycles. The van der Waals surface area contributed by atoms with Gasteiger partial charge in [0.25, 0.3) is 5.91 Å². The van der Waals surface area contributed by atoms with Crippen molar-refractivity contribution in [3.05, 3.63) is 57.6 Å². The molecule has 0 aliphatic carbocycles. The number of nitrogens with one attached hydrogen (secondary N) is 1. The first-order valence-corrected chi connectivity index (χ1v) is 10.6. The number of halogens is 1. The van der Waals surface area contributed by atoms with Crippen LogP contribution in [0.5, 0.6) is 0 Å². The van der Waals surface area contributed by atoms with Gasteiger partial charge in [0.15, 0.2) is 0 Å². The maximum absolute atomic E-state index is 12.9. The van der Waals surface area contributed by atoms with Crippen LogP contribution in [0.15, 0.2) is 36.4 Å². The fraction of sp³-hybridized carbons (Fsp3) is 0.381. The molecule has 1 amide bonds. The van der Waals surface area contributed by atoms with Gasteiger partial charge in [0.1, 0.15) is 5.69 Å². The van der Waals surface area contributed by atoms with Gasteiger partial charge < -0.3 is 14.8 Å². The smallest absolute Gasteiger partial charge is 0.268 e. The number of carbonyl (C=O) groups excluding carboxylic acids is 1. The normalized spacial score (nSPS) is 14.9. The summed E-state index contributed by atoms with van der Waals surface area (Å²) in [5.74, 6) is -0.00252. The predicted octanol–water partition coefficient (Wildman–Crippen LogP) is 4.54. The first-order chi connectivity index (χ1) is 13.1. The van der Waals surface area contributed by atoms with Gasteiger partial charge in [-0.3, -0.25) is 4.79 Å². The van der Waals surface area contributed by atoms with Crippen molar-refractivity contribution in [3.8, 4) is 0 Å². The molecule has 2 aromatic heterocycles. The first-order valence-electron chi connectivity index (χ1n) is 9.45. The standard InChI is InChI=1S/C21H24ClN3OS/c1-15-11-18-20(27-15)13-19(21(26)23-7-10-24-8-2-3-9-24)25(18)14-16-5-4-6-17(22)12-16/h4-6,11-13H,2-3,7-10,14H2,1H3,(H,23,26). The van der Waals surface area contributed by atoms with Crippen LogP contribution in [0, 0.1) is 6.92 Å². The molecular weight excluding hydrogens is 378 g/mol. The molecule has 0 bridgehead atoms. The minimum Gasteiger partial charge on any atom is -0.349 e. The first kappa shape index (κ1) is 18.5. The number of thiophene rings is 1. The number of hydrogen-bond donors (Lipinski definition) is 1. The summed E-state index contributed by atoms with van der Waals surface area (Å²) in [4.78, 5) is 16.5. The Labute approximate surface area is 168 Å². The van der Waals surface area contributed by atoms with Gasteiger partial charge in [-0.25, -0.2) is 0 Å². The number of amides is 1. The van der Waals surface area contributed by atoms with Crippen molar-refractivity contribution >= 4 is 39.1 Å². The fourth-order valence-electron chi connectivity index (χ4n) is 3.77. The van der Waals surface area contributed by atoms with E-state index in [-0.39, 0.29) is 5.91 Å². The van der Waals surface area contributed by atoms with E-state index >= 15 is 0 Å². The summed E-state index contributed by atoms with van der Waals surface area (Å²) in [5, 5.41) is 3.82. The Morgan fingerprint density at radius 2 is 2.04 bits per heavy atom. The average molecular weight is 402 g/mol. The highest BCUT2D eigenvalue weighted by Gasteiger charge is 2.18. The Morgan fingerprint density at radius 3 is 2.81 bits per heavy atom. The highest BCUT2D eigenvalue weighted by Crippen LogP contribution is 2.29. The molecule has 3 aromatic rings. The van der Waals surface area contributed by atoms with Crippen molar-refractivity contribution in [2.24, 2.45) is 0 Å². The molecule has 6 heteroatoms. The molecule has 4 rings (SSSR count). The Bertz CT molecular complexity index is 956. The van der Waals surface area contributed by atoms with Crippen LogP contribution in [0.2, 0.25) is 5.02 Å². The van der Waals surface area contributed by atoms with E-state index in [1.807, 2.05) is 30.3 Å². The van der Waals surface area contributed by atoms with Crippen LogP contribution in [0.4, 0.5) is 0 Å². The molecule has 4 nitrogen and oxygen atoms in total. The molecule has 0 radical (unpaired) electrons. The van der Waals surface area contributed by atoms with E-state index in [0.717, 1.165) is 41.1 Å².